The summed E-state index contributed by atoms with van der Waals surface area (Å²) in [6.45, 7) is 1.50. The van der Waals surface area contributed by atoms with E-state index in [1.165, 1.54) is 24.3 Å². The number of carbonyl (C=O) groups is 3. The van der Waals surface area contributed by atoms with Crippen LogP contribution in [0.4, 0.5) is 0 Å². The molecule has 18 heteroatoms. The molecule has 4 rings (SSSR count). The summed E-state index contributed by atoms with van der Waals surface area (Å²) in [4.78, 5) is 49.2. The Kier molecular flexibility index (Phi) is 8.44. The molecule has 0 spiro atoms. The summed E-state index contributed by atoms with van der Waals surface area (Å²) in [7, 11) is -4.14. The molecule has 15 nitrogen and oxygen atoms in total. The highest BCUT2D eigenvalue weighted by Gasteiger charge is 2.55. The summed E-state index contributed by atoms with van der Waals surface area (Å²) in [6.07, 6.45) is -2.10. The Bertz CT molecular complexity index is 1290. The van der Waals surface area contributed by atoms with Crippen LogP contribution in [0.3, 0.4) is 0 Å². The maximum absolute atomic E-state index is 13.0. The third kappa shape index (κ3) is 5.87. The zero-order chi connectivity index (χ0) is 27.6. The lowest BCUT2D eigenvalue weighted by Crippen LogP contribution is -2.71. The van der Waals surface area contributed by atoms with Gasteiger partial charge >= 0.3 is 13.6 Å². The highest BCUT2D eigenvalue weighted by Crippen LogP contribution is 2.50. The number of carboxylic acid groups (broad SMARTS) is 1. The van der Waals surface area contributed by atoms with E-state index in [0.717, 1.165) is 28.4 Å². The molecular formula is C20H23N6O9PS2. The highest BCUT2D eigenvalue weighted by molar-refractivity contribution is 8.01. The van der Waals surface area contributed by atoms with Crippen LogP contribution in [0.2, 0.25) is 0 Å². The number of hydrogen-bond donors (Lipinski definition) is 6. The number of carboxylic acids is 1. The van der Waals surface area contributed by atoms with Gasteiger partial charge in [0.05, 0.1) is 12.8 Å². The number of aliphatic hydroxyl groups is 1. The molecule has 1 saturated heterocycles. The number of tetrazole rings is 1. The molecule has 6 N–H and O–H groups in total. The first-order valence-electron chi connectivity index (χ1n) is 11.1. The molecule has 3 unspecified atom stereocenters. The number of aliphatic hydroxyl groups excluding tert-OH is 1. The smallest absolute Gasteiger partial charge is 0.352 e. The number of amides is 2. The SMILES string of the molecule is CCOP(=O)(O)CC(Sc1nn[nH]n1)C1=C(C(=O)O)N2C(=O)[C@@H](NC(=O)C(O)c3ccc(O)cc3)[C@@H]2SC1. The maximum Gasteiger partial charge on any atom is 0.352 e. The van der Waals surface area contributed by atoms with Crippen molar-refractivity contribution in [3.8, 4) is 5.75 Å². The van der Waals surface area contributed by atoms with Crippen molar-refractivity contribution in [1.82, 2.24) is 30.8 Å². The lowest BCUT2D eigenvalue weighted by molar-refractivity contribution is -0.151. The summed E-state index contributed by atoms with van der Waals surface area (Å²) in [5.74, 6) is -3.03. The molecule has 204 valence electrons. The largest absolute Gasteiger partial charge is 0.508 e. The van der Waals surface area contributed by atoms with E-state index in [0.29, 0.717) is 0 Å². The van der Waals surface area contributed by atoms with Crippen molar-refractivity contribution in [2.45, 2.75) is 34.8 Å². The number of nitrogens with zero attached hydrogens (tertiary/aromatic N) is 4. The van der Waals surface area contributed by atoms with Gasteiger partial charge in [-0.05, 0) is 35.4 Å². The molecule has 38 heavy (non-hydrogen) atoms. The Morgan fingerprint density at radius 2 is 2.08 bits per heavy atom. The number of H-pyrrole nitrogens is 1. The van der Waals surface area contributed by atoms with Gasteiger partial charge in [-0.25, -0.2) is 4.79 Å². The van der Waals surface area contributed by atoms with Crippen molar-refractivity contribution >= 4 is 48.9 Å². The normalized spacial score (nSPS) is 22.2. The second-order valence-electron chi connectivity index (χ2n) is 8.11. The third-order valence-corrected chi connectivity index (χ3v) is 9.80. The zero-order valence-electron chi connectivity index (χ0n) is 19.6. The average Bonchev–Trinajstić information content (AvgIpc) is 3.38. The second-order valence-corrected chi connectivity index (χ2v) is 12.3. The number of phenolic OH excluding ortho intramolecular Hbond substituents is 1. The van der Waals surface area contributed by atoms with Gasteiger partial charge in [-0.15, -0.1) is 22.0 Å². The fourth-order valence-electron chi connectivity index (χ4n) is 3.94. The fraction of sp³-hybridized carbons (Fsp3) is 0.400. The Morgan fingerprint density at radius 3 is 2.68 bits per heavy atom. The summed E-state index contributed by atoms with van der Waals surface area (Å²) < 4.78 is 17.5. The maximum atomic E-state index is 13.0. The number of carbonyl (C=O) groups excluding carboxylic acids is 2. The molecule has 0 bridgehead atoms. The summed E-state index contributed by atoms with van der Waals surface area (Å²) in [5.41, 5.74) is 0.00306. The first-order valence-corrected chi connectivity index (χ1v) is 14.8. The number of phenols is 1. The van der Waals surface area contributed by atoms with E-state index in [1.807, 2.05) is 0 Å². The van der Waals surface area contributed by atoms with Crippen LogP contribution >= 0.6 is 31.1 Å². The number of aromatic hydroxyl groups is 1. The number of fused-ring (bicyclic) bond motifs is 1. The number of aromatic nitrogens is 4. The average molecular weight is 587 g/mol. The van der Waals surface area contributed by atoms with E-state index in [4.69, 9.17) is 4.52 Å². The van der Waals surface area contributed by atoms with E-state index in [2.05, 4.69) is 25.9 Å². The van der Waals surface area contributed by atoms with E-state index in [9.17, 15) is 39.2 Å². The summed E-state index contributed by atoms with van der Waals surface area (Å²) >= 11 is 2.05. The number of β-lactam (4-membered cyclic amide) rings is 1. The first-order chi connectivity index (χ1) is 18.0. The lowest BCUT2D eigenvalue weighted by atomic mass is 10.0. The predicted octanol–water partition coefficient (Wildman–Crippen LogP) is 0.0601. The highest BCUT2D eigenvalue weighted by atomic mass is 32.2. The lowest BCUT2D eigenvalue weighted by Gasteiger charge is -2.50. The molecule has 0 aliphatic carbocycles. The molecule has 3 heterocycles. The molecule has 2 aromatic rings. The van der Waals surface area contributed by atoms with Gasteiger partial charge < -0.3 is 30.1 Å². The number of rotatable bonds is 11. The quantitative estimate of drug-likeness (QED) is 0.116. The van der Waals surface area contributed by atoms with Crippen molar-refractivity contribution < 1.29 is 43.7 Å². The fourth-order valence-corrected chi connectivity index (χ4v) is 8.26. The number of benzene rings is 1. The molecule has 2 aliphatic heterocycles. The Balaban J connectivity index is 1.57. The van der Waals surface area contributed by atoms with Gasteiger partial charge in [0.2, 0.25) is 5.16 Å². The van der Waals surface area contributed by atoms with Crippen molar-refractivity contribution in [1.29, 1.82) is 0 Å². The van der Waals surface area contributed by atoms with Crippen LogP contribution in [-0.4, -0.2) is 98.7 Å². The van der Waals surface area contributed by atoms with Gasteiger partial charge in [-0.3, -0.25) is 19.1 Å². The van der Waals surface area contributed by atoms with Crippen LogP contribution in [0.15, 0.2) is 40.7 Å². The number of hydrogen-bond acceptors (Lipinski definition) is 12. The van der Waals surface area contributed by atoms with E-state index >= 15 is 0 Å². The molecule has 1 fully saturated rings. The topological polar surface area (TPSA) is 228 Å². The van der Waals surface area contributed by atoms with Gasteiger partial charge in [0.1, 0.15) is 22.9 Å². The van der Waals surface area contributed by atoms with Crippen LogP contribution in [-0.2, 0) is 23.5 Å². The number of nitrogens with one attached hydrogen (secondary N) is 2. The standard InChI is InChI=1S/C20H23N6O9PS2/c1-2-35-36(33,34)7-12(38-20-22-24-25-23-20)11-8-37-18-13(17(30)26(18)14(11)19(31)32)21-16(29)15(28)9-3-5-10(27)6-4-9/h3-6,12-13,15,18,27-28H,2,7-8H2,1H3,(H,21,29)(H,31,32)(H,33,34)(H,22,23,24,25)/t12?,13-,15?,18+/m1/s1. The molecule has 1 aromatic carbocycles. The molecule has 0 radical (unpaired) electrons. The van der Waals surface area contributed by atoms with Gasteiger partial charge in [-0.2, -0.15) is 5.21 Å². The van der Waals surface area contributed by atoms with Crippen LogP contribution in [0.5, 0.6) is 5.75 Å². The minimum atomic E-state index is -4.14. The minimum absolute atomic E-state index is 0.0446. The summed E-state index contributed by atoms with van der Waals surface area (Å²) in [6, 6.07) is 4.19. The number of aliphatic carboxylic acids is 1. The van der Waals surface area contributed by atoms with Gasteiger partial charge in [0.15, 0.2) is 6.10 Å². The predicted molar refractivity (Wildman–Crippen MR) is 133 cm³/mol. The molecule has 0 saturated carbocycles. The second kappa shape index (κ2) is 11.4. The monoisotopic (exact) mass is 586 g/mol. The van der Waals surface area contributed by atoms with Crippen LogP contribution in [0.1, 0.15) is 18.6 Å². The first kappa shape index (κ1) is 28.1. The van der Waals surface area contributed by atoms with Gasteiger partial charge in [-0.1, -0.05) is 23.9 Å². The Labute approximate surface area is 223 Å². The van der Waals surface area contributed by atoms with Gasteiger partial charge in [0.25, 0.3) is 11.8 Å². The van der Waals surface area contributed by atoms with Crippen molar-refractivity contribution in [3.05, 3.63) is 41.1 Å². The van der Waals surface area contributed by atoms with E-state index in [1.54, 1.807) is 6.92 Å². The Morgan fingerprint density at radius 1 is 1.37 bits per heavy atom. The Hall–Kier alpha value is -2.95. The molecule has 2 amide bonds. The molecule has 5 atom stereocenters. The minimum Gasteiger partial charge on any atom is -0.508 e. The number of aromatic amines is 1. The van der Waals surface area contributed by atoms with Crippen molar-refractivity contribution in [3.63, 3.8) is 0 Å². The van der Waals surface area contributed by atoms with Crippen LogP contribution < -0.4 is 5.32 Å². The number of thioether (sulfide) groups is 2. The van der Waals surface area contributed by atoms with Gasteiger partial charge in [0, 0.05) is 11.0 Å². The van der Waals surface area contributed by atoms with Crippen molar-refractivity contribution in [2.24, 2.45) is 0 Å². The molecular weight excluding hydrogens is 563 g/mol. The molecule has 1 aromatic heterocycles. The summed E-state index contributed by atoms with van der Waals surface area (Å²) in [5, 5.41) is 43.9. The zero-order valence-corrected chi connectivity index (χ0v) is 22.2. The van der Waals surface area contributed by atoms with E-state index < -0.39 is 54.3 Å². The van der Waals surface area contributed by atoms with Crippen molar-refractivity contribution in [2.75, 3.05) is 18.5 Å². The third-order valence-electron chi connectivity index (χ3n) is 5.64. The van der Waals surface area contributed by atoms with Crippen LogP contribution in [0, 0.1) is 0 Å². The van der Waals surface area contributed by atoms with Crippen LogP contribution in [0.25, 0.3) is 0 Å². The molecule has 2 aliphatic rings. The van der Waals surface area contributed by atoms with E-state index in [-0.39, 0.29) is 40.1 Å².